The minimum Gasteiger partial charge on any atom is -0.481 e. The van der Waals surface area contributed by atoms with E-state index in [-0.39, 0.29) is 18.2 Å². The van der Waals surface area contributed by atoms with Gasteiger partial charge in [0.15, 0.2) is 18.2 Å². The molecule has 2 aromatic carbocycles. The number of benzene rings is 2. The van der Waals surface area contributed by atoms with Crippen LogP contribution in [-0.4, -0.2) is 36.4 Å². The van der Waals surface area contributed by atoms with E-state index in [1.165, 1.54) is 30.1 Å². The Balaban J connectivity index is 2.27. The van der Waals surface area contributed by atoms with Crippen molar-refractivity contribution in [2.75, 3.05) is 13.7 Å². The molecule has 2 aromatic rings. The van der Waals surface area contributed by atoms with E-state index in [1.54, 1.807) is 31.2 Å². The third kappa shape index (κ3) is 5.36. The van der Waals surface area contributed by atoms with Crippen molar-refractivity contribution >= 4 is 35.0 Å². The number of amides is 2. The summed E-state index contributed by atoms with van der Waals surface area (Å²) in [6.07, 6.45) is 0.368. The van der Waals surface area contributed by atoms with Crippen molar-refractivity contribution in [3.8, 4) is 5.75 Å². The molecule has 150 valence electrons. The van der Waals surface area contributed by atoms with E-state index in [2.05, 4.69) is 5.32 Å². The van der Waals surface area contributed by atoms with Gasteiger partial charge in [0.25, 0.3) is 5.91 Å². The van der Waals surface area contributed by atoms with E-state index in [9.17, 15) is 14.0 Å². The molecule has 0 aromatic heterocycles. The van der Waals surface area contributed by atoms with Crippen molar-refractivity contribution in [3.63, 3.8) is 0 Å². The van der Waals surface area contributed by atoms with Gasteiger partial charge in [-0.15, -0.1) is 0 Å². The van der Waals surface area contributed by atoms with Gasteiger partial charge >= 0.3 is 0 Å². The van der Waals surface area contributed by atoms with Crippen molar-refractivity contribution in [1.29, 1.82) is 0 Å². The van der Waals surface area contributed by atoms with Crippen LogP contribution in [0.15, 0.2) is 42.5 Å². The van der Waals surface area contributed by atoms with Gasteiger partial charge in [0.1, 0.15) is 6.04 Å². The van der Waals surface area contributed by atoms with Crippen LogP contribution in [-0.2, 0) is 16.1 Å². The number of hydrogen-bond acceptors (Lipinski definition) is 3. The molecule has 0 unspecified atom stereocenters. The van der Waals surface area contributed by atoms with Crippen LogP contribution in [0.3, 0.4) is 0 Å². The number of likely N-dealkylation sites (N-methyl/N-ethyl adjacent to an activating group) is 1. The van der Waals surface area contributed by atoms with Crippen LogP contribution in [0.25, 0.3) is 0 Å². The average Bonchev–Trinajstić information content (AvgIpc) is 2.68. The van der Waals surface area contributed by atoms with Crippen LogP contribution >= 0.6 is 23.2 Å². The number of rotatable bonds is 8. The molecule has 2 amide bonds. The molecular formula is C20H21Cl2FN2O3. The zero-order valence-corrected chi connectivity index (χ0v) is 17.1. The first-order chi connectivity index (χ1) is 13.4. The standard InChI is InChI=1S/C20H21Cl2FN2O3/c1-3-17(20(27)24-2)25(11-13-14(21)7-6-8-15(13)22)19(26)12-28-18-10-5-4-9-16(18)23/h4-10,17H,3,11-12H2,1-2H3,(H,24,27)/t17-/m1/s1. The first-order valence-electron chi connectivity index (χ1n) is 8.70. The number of halogens is 3. The highest BCUT2D eigenvalue weighted by molar-refractivity contribution is 6.36. The molecule has 0 spiro atoms. The first kappa shape index (κ1) is 22.0. The Kier molecular flexibility index (Phi) is 8.08. The minimum atomic E-state index is -0.756. The first-order valence-corrected chi connectivity index (χ1v) is 9.45. The quantitative estimate of drug-likeness (QED) is 0.691. The van der Waals surface area contributed by atoms with Gasteiger partial charge in [0, 0.05) is 29.2 Å². The highest BCUT2D eigenvalue weighted by Crippen LogP contribution is 2.27. The lowest BCUT2D eigenvalue weighted by Crippen LogP contribution is -2.49. The Hall–Kier alpha value is -2.31. The molecule has 0 aliphatic carbocycles. The maximum Gasteiger partial charge on any atom is 0.261 e. The number of carbonyl (C=O) groups is 2. The molecule has 28 heavy (non-hydrogen) atoms. The van der Waals surface area contributed by atoms with Crippen LogP contribution in [0.4, 0.5) is 4.39 Å². The maximum atomic E-state index is 13.8. The smallest absolute Gasteiger partial charge is 0.261 e. The summed E-state index contributed by atoms with van der Waals surface area (Å²) in [6, 6.07) is 10.0. The lowest BCUT2D eigenvalue weighted by molar-refractivity contribution is -0.142. The molecule has 0 aliphatic rings. The van der Waals surface area contributed by atoms with E-state index in [4.69, 9.17) is 27.9 Å². The average molecular weight is 427 g/mol. The largest absolute Gasteiger partial charge is 0.481 e. The highest BCUT2D eigenvalue weighted by atomic mass is 35.5. The molecular weight excluding hydrogens is 406 g/mol. The summed E-state index contributed by atoms with van der Waals surface area (Å²) in [4.78, 5) is 26.5. The normalized spacial score (nSPS) is 11.6. The minimum absolute atomic E-state index is 0.0178. The van der Waals surface area contributed by atoms with E-state index in [0.717, 1.165) is 0 Å². The fourth-order valence-electron chi connectivity index (χ4n) is 2.72. The number of nitrogens with zero attached hydrogens (tertiary/aromatic N) is 1. The summed E-state index contributed by atoms with van der Waals surface area (Å²) in [6.45, 7) is 1.37. The van der Waals surface area contributed by atoms with Crippen molar-refractivity contribution in [2.24, 2.45) is 0 Å². The third-order valence-electron chi connectivity index (χ3n) is 4.21. The zero-order valence-electron chi connectivity index (χ0n) is 15.5. The Bertz CT molecular complexity index is 828. The molecule has 0 saturated carbocycles. The predicted octanol–water partition coefficient (Wildman–Crippen LogP) is 4.06. The predicted molar refractivity (Wildman–Crippen MR) is 107 cm³/mol. The fourth-order valence-corrected chi connectivity index (χ4v) is 3.24. The Labute approximate surface area is 173 Å². The summed E-state index contributed by atoms with van der Waals surface area (Å²) in [5, 5.41) is 3.31. The van der Waals surface area contributed by atoms with Crippen molar-refractivity contribution in [2.45, 2.75) is 25.9 Å². The molecule has 2 rings (SSSR count). The molecule has 1 N–H and O–H groups in total. The summed E-state index contributed by atoms with van der Waals surface area (Å²) >= 11 is 12.5. The molecule has 0 aliphatic heterocycles. The second-order valence-electron chi connectivity index (χ2n) is 5.98. The van der Waals surface area contributed by atoms with E-state index in [1.807, 2.05) is 0 Å². The number of nitrogens with one attached hydrogen (secondary N) is 1. The van der Waals surface area contributed by atoms with Gasteiger partial charge < -0.3 is 15.0 Å². The van der Waals surface area contributed by atoms with Gasteiger partial charge in [-0.2, -0.15) is 0 Å². The number of hydrogen-bond donors (Lipinski definition) is 1. The summed E-state index contributed by atoms with van der Waals surface area (Å²) in [5.41, 5.74) is 0.521. The lowest BCUT2D eigenvalue weighted by atomic mass is 10.1. The molecule has 0 heterocycles. The summed E-state index contributed by atoms with van der Waals surface area (Å²) in [5.74, 6) is -1.44. The SMILES string of the molecule is CC[C@H](C(=O)NC)N(Cc1c(Cl)cccc1Cl)C(=O)COc1ccccc1F. The Morgan fingerprint density at radius 1 is 1.14 bits per heavy atom. The Morgan fingerprint density at radius 2 is 1.79 bits per heavy atom. The van der Waals surface area contributed by atoms with E-state index < -0.39 is 24.4 Å². The second kappa shape index (κ2) is 10.3. The van der Waals surface area contributed by atoms with Crippen LogP contribution in [0.5, 0.6) is 5.75 Å². The van der Waals surface area contributed by atoms with Crippen LogP contribution in [0.2, 0.25) is 10.0 Å². The van der Waals surface area contributed by atoms with Gasteiger partial charge in [-0.3, -0.25) is 9.59 Å². The highest BCUT2D eigenvalue weighted by Gasteiger charge is 2.29. The van der Waals surface area contributed by atoms with Gasteiger partial charge in [-0.25, -0.2) is 4.39 Å². The lowest BCUT2D eigenvalue weighted by Gasteiger charge is -2.30. The zero-order chi connectivity index (χ0) is 20.7. The van der Waals surface area contributed by atoms with Crippen molar-refractivity contribution < 1.29 is 18.7 Å². The maximum absolute atomic E-state index is 13.8. The number of ether oxygens (including phenoxy) is 1. The summed E-state index contributed by atoms with van der Waals surface area (Å²) in [7, 11) is 1.49. The van der Waals surface area contributed by atoms with Gasteiger partial charge in [-0.05, 0) is 30.7 Å². The van der Waals surface area contributed by atoms with Gasteiger partial charge in [0.2, 0.25) is 5.91 Å². The Morgan fingerprint density at radius 3 is 2.36 bits per heavy atom. The van der Waals surface area contributed by atoms with Gasteiger partial charge in [0.05, 0.1) is 0 Å². The molecule has 1 atom stereocenters. The van der Waals surface area contributed by atoms with Crippen molar-refractivity contribution in [1.82, 2.24) is 10.2 Å². The van der Waals surface area contributed by atoms with Crippen LogP contribution in [0, 0.1) is 5.82 Å². The molecule has 0 saturated heterocycles. The van der Waals surface area contributed by atoms with Gasteiger partial charge in [-0.1, -0.05) is 48.3 Å². The third-order valence-corrected chi connectivity index (χ3v) is 4.92. The van der Waals surface area contributed by atoms with E-state index in [0.29, 0.717) is 22.0 Å². The van der Waals surface area contributed by atoms with E-state index >= 15 is 0 Å². The number of para-hydroxylation sites is 1. The topological polar surface area (TPSA) is 58.6 Å². The van der Waals surface area contributed by atoms with Crippen LogP contribution in [0.1, 0.15) is 18.9 Å². The molecule has 8 heteroatoms. The molecule has 0 radical (unpaired) electrons. The fraction of sp³-hybridized carbons (Fsp3) is 0.300. The molecule has 0 fully saturated rings. The van der Waals surface area contributed by atoms with Crippen molar-refractivity contribution in [3.05, 3.63) is 63.9 Å². The molecule has 5 nitrogen and oxygen atoms in total. The molecule has 0 bridgehead atoms. The monoisotopic (exact) mass is 426 g/mol. The van der Waals surface area contributed by atoms with Crippen LogP contribution < -0.4 is 10.1 Å². The summed E-state index contributed by atoms with van der Waals surface area (Å²) < 4.78 is 19.1. The number of carbonyl (C=O) groups excluding carboxylic acids is 2. The second-order valence-corrected chi connectivity index (χ2v) is 6.79.